The van der Waals surface area contributed by atoms with Gasteiger partial charge in [0.2, 0.25) is 0 Å². The molecule has 0 unspecified atom stereocenters. The van der Waals surface area contributed by atoms with Gasteiger partial charge >= 0.3 is 0 Å². The number of nitrogens with one attached hydrogen (secondary N) is 1. The lowest BCUT2D eigenvalue weighted by atomic mass is 10.0. The molecule has 0 fully saturated rings. The minimum absolute atomic E-state index is 0.565. The molecular formula is C14H22ClNS. The third-order valence-electron chi connectivity index (χ3n) is 2.54. The van der Waals surface area contributed by atoms with Crippen LogP contribution in [-0.4, -0.2) is 13.1 Å². The van der Waals surface area contributed by atoms with Gasteiger partial charge in [-0.15, -0.1) is 11.3 Å². The molecule has 0 amide bonds. The molecular weight excluding hydrogens is 250 g/mol. The molecule has 1 aromatic rings. The van der Waals surface area contributed by atoms with Crippen LogP contribution in [0.4, 0.5) is 0 Å². The summed E-state index contributed by atoms with van der Waals surface area (Å²) in [6.07, 6.45) is 2.26. The van der Waals surface area contributed by atoms with E-state index in [0.29, 0.717) is 11.8 Å². The summed E-state index contributed by atoms with van der Waals surface area (Å²) in [5.41, 5.74) is 1.43. The first kappa shape index (κ1) is 14.7. The van der Waals surface area contributed by atoms with Crippen LogP contribution in [0.2, 0.25) is 5.02 Å². The molecule has 0 saturated carbocycles. The number of hydrogen-bond donors (Lipinski definition) is 1. The van der Waals surface area contributed by atoms with Crippen molar-refractivity contribution in [3.63, 3.8) is 0 Å². The minimum atomic E-state index is 0.565. The topological polar surface area (TPSA) is 12.0 Å². The van der Waals surface area contributed by atoms with Crippen molar-refractivity contribution in [1.29, 1.82) is 0 Å². The Labute approximate surface area is 114 Å². The first-order valence-corrected chi connectivity index (χ1v) is 7.40. The molecule has 0 aliphatic rings. The Morgan fingerprint density at radius 1 is 1.41 bits per heavy atom. The van der Waals surface area contributed by atoms with Crippen molar-refractivity contribution in [2.24, 2.45) is 11.8 Å². The Morgan fingerprint density at radius 3 is 2.59 bits per heavy atom. The van der Waals surface area contributed by atoms with Crippen LogP contribution < -0.4 is 5.32 Å². The molecule has 1 aromatic heterocycles. The van der Waals surface area contributed by atoms with Gasteiger partial charge in [-0.05, 0) is 30.5 Å². The van der Waals surface area contributed by atoms with Gasteiger partial charge in [0.1, 0.15) is 0 Å². The summed E-state index contributed by atoms with van der Waals surface area (Å²) < 4.78 is 0. The second kappa shape index (κ2) is 7.20. The summed E-state index contributed by atoms with van der Waals surface area (Å²) >= 11 is 7.63. The van der Waals surface area contributed by atoms with E-state index in [1.165, 1.54) is 10.5 Å². The second-order valence-electron chi connectivity index (χ2n) is 5.07. The highest BCUT2D eigenvalue weighted by atomic mass is 35.5. The molecule has 96 valence electrons. The molecule has 1 rings (SSSR count). The lowest BCUT2D eigenvalue weighted by molar-refractivity contribution is 0.558. The van der Waals surface area contributed by atoms with E-state index in [9.17, 15) is 0 Å². The lowest BCUT2D eigenvalue weighted by Gasteiger charge is -2.13. The van der Waals surface area contributed by atoms with E-state index >= 15 is 0 Å². The third-order valence-corrected chi connectivity index (χ3v) is 3.77. The zero-order chi connectivity index (χ0) is 12.8. The maximum Gasteiger partial charge on any atom is 0.0519 e. The van der Waals surface area contributed by atoms with Crippen LogP contribution in [0.3, 0.4) is 0 Å². The lowest BCUT2D eigenvalue weighted by Crippen LogP contribution is -2.23. The monoisotopic (exact) mass is 271 g/mol. The van der Waals surface area contributed by atoms with E-state index in [-0.39, 0.29) is 0 Å². The summed E-state index contributed by atoms with van der Waals surface area (Å²) in [5, 5.41) is 6.31. The Kier molecular flexibility index (Phi) is 6.24. The highest BCUT2D eigenvalue weighted by molar-refractivity contribution is 7.11. The molecule has 3 heteroatoms. The van der Waals surface area contributed by atoms with Crippen LogP contribution >= 0.6 is 22.9 Å². The largest absolute Gasteiger partial charge is 0.313 e. The molecule has 1 N–H and O–H groups in total. The average Bonchev–Trinajstić information content (AvgIpc) is 2.62. The van der Waals surface area contributed by atoms with E-state index in [4.69, 9.17) is 11.6 Å². The normalized spacial score (nSPS) is 12.8. The van der Waals surface area contributed by atoms with Crippen molar-refractivity contribution in [1.82, 2.24) is 5.32 Å². The Hall–Kier alpha value is -0.310. The van der Waals surface area contributed by atoms with Crippen LogP contribution in [-0.2, 0) is 0 Å². The standard InChI is InChI=1S/C14H22ClNS/c1-10(2)7-16-8-12(11(3)4)5-14-6-13(15)9-17-14/h5-6,9-11,16H,7-8H2,1-4H3. The predicted octanol–water partition coefficient (Wildman–Crippen LogP) is 4.69. The zero-order valence-electron chi connectivity index (χ0n) is 11.1. The van der Waals surface area contributed by atoms with E-state index in [1.807, 2.05) is 11.4 Å². The SMILES string of the molecule is CC(C)CNCC(=Cc1cc(Cl)cs1)C(C)C. The summed E-state index contributed by atoms with van der Waals surface area (Å²) in [4.78, 5) is 1.24. The first-order valence-electron chi connectivity index (χ1n) is 6.14. The molecule has 0 bridgehead atoms. The molecule has 0 saturated heterocycles. The maximum atomic E-state index is 5.93. The van der Waals surface area contributed by atoms with E-state index in [2.05, 4.69) is 39.1 Å². The van der Waals surface area contributed by atoms with Gasteiger partial charge in [0.15, 0.2) is 0 Å². The van der Waals surface area contributed by atoms with E-state index in [0.717, 1.165) is 18.1 Å². The van der Waals surface area contributed by atoms with Crippen molar-refractivity contribution >= 4 is 29.0 Å². The third kappa shape index (κ3) is 5.71. The fourth-order valence-corrected chi connectivity index (χ4v) is 2.56. The van der Waals surface area contributed by atoms with Crippen LogP contribution in [0.25, 0.3) is 6.08 Å². The zero-order valence-corrected chi connectivity index (χ0v) is 12.7. The molecule has 0 aliphatic heterocycles. The van der Waals surface area contributed by atoms with Crippen molar-refractivity contribution in [3.8, 4) is 0 Å². The molecule has 17 heavy (non-hydrogen) atoms. The Bertz CT molecular complexity index is 366. The Balaban J connectivity index is 2.62. The molecule has 1 heterocycles. The van der Waals surface area contributed by atoms with Crippen LogP contribution in [0.15, 0.2) is 17.0 Å². The van der Waals surface area contributed by atoms with Crippen LogP contribution in [0.5, 0.6) is 0 Å². The summed E-state index contributed by atoms with van der Waals surface area (Å²) in [6, 6.07) is 2.02. The quantitative estimate of drug-likeness (QED) is 0.792. The number of thiophene rings is 1. The molecule has 1 nitrogen and oxygen atoms in total. The fraction of sp³-hybridized carbons (Fsp3) is 0.571. The first-order chi connectivity index (χ1) is 7.99. The van der Waals surface area contributed by atoms with E-state index in [1.54, 1.807) is 11.3 Å². The molecule has 0 aliphatic carbocycles. The minimum Gasteiger partial charge on any atom is -0.313 e. The molecule has 0 aromatic carbocycles. The maximum absolute atomic E-state index is 5.93. The number of hydrogen-bond acceptors (Lipinski definition) is 2. The van der Waals surface area contributed by atoms with Gasteiger partial charge < -0.3 is 5.32 Å². The van der Waals surface area contributed by atoms with Crippen molar-refractivity contribution in [3.05, 3.63) is 26.9 Å². The Morgan fingerprint density at radius 2 is 2.12 bits per heavy atom. The average molecular weight is 272 g/mol. The van der Waals surface area contributed by atoms with Crippen molar-refractivity contribution in [2.75, 3.05) is 13.1 Å². The summed E-state index contributed by atoms with van der Waals surface area (Å²) in [7, 11) is 0. The van der Waals surface area contributed by atoms with Crippen molar-refractivity contribution < 1.29 is 0 Å². The summed E-state index contributed by atoms with van der Waals surface area (Å²) in [6.45, 7) is 11.0. The summed E-state index contributed by atoms with van der Waals surface area (Å²) in [5.74, 6) is 1.26. The van der Waals surface area contributed by atoms with Gasteiger partial charge in [-0.2, -0.15) is 0 Å². The van der Waals surface area contributed by atoms with Gasteiger partial charge in [0.25, 0.3) is 0 Å². The van der Waals surface area contributed by atoms with Crippen molar-refractivity contribution in [2.45, 2.75) is 27.7 Å². The molecule has 0 atom stereocenters. The van der Waals surface area contributed by atoms with Gasteiger partial charge in [-0.1, -0.05) is 44.9 Å². The van der Waals surface area contributed by atoms with Crippen LogP contribution in [0.1, 0.15) is 32.6 Å². The van der Waals surface area contributed by atoms with Gasteiger partial charge in [-0.3, -0.25) is 0 Å². The highest BCUT2D eigenvalue weighted by Crippen LogP contribution is 2.23. The smallest absolute Gasteiger partial charge is 0.0519 e. The fourth-order valence-electron chi connectivity index (χ4n) is 1.51. The highest BCUT2D eigenvalue weighted by Gasteiger charge is 2.05. The van der Waals surface area contributed by atoms with Crippen LogP contribution in [0, 0.1) is 11.8 Å². The second-order valence-corrected chi connectivity index (χ2v) is 6.45. The van der Waals surface area contributed by atoms with Gasteiger partial charge in [0, 0.05) is 16.8 Å². The number of halogens is 1. The predicted molar refractivity (Wildman–Crippen MR) is 79.9 cm³/mol. The van der Waals surface area contributed by atoms with Gasteiger partial charge in [-0.25, -0.2) is 0 Å². The molecule has 0 spiro atoms. The van der Waals surface area contributed by atoms with Gasteiger partial charge in [0.05, 0.1) is 5.02 Å². The van der Waals surface area contributed by atoms with E-state index < -0.39 is 0 Å². The number of rotatable bonds is 6. The molecule has 0 radical (unpaired) electrons.